The average Bonchev–Trinajstić information content (AvgIpc) is 2.25. The zero-order chi connectivity index (χ0) is 13.1. The summed E-state index contributed by atoms with van der Waals surface area (Å²) in [5, 5.41) is 8.98. The van der Waals surface area contributed by atoms with Crippen LogP contribution < -0.4 is 4.72 Å². The van der Waals surface area contributed by atoms with Gasteiger partial charge in [0.15, 0.2) is 0 Å². The zero-order valence-corrected chi connectivity index (χ0v) is 11.2. The molecule has 1 aromatic rings. The first-order valence-corrected chi connectivity index (χ1v) is 6.92. The highest BCUT2D eigenvalue weighted by Crippen LogP contribution is 2.14. The molecule has 0 aliphatic carbocycles. The molecule has 4 nitrogen and oxygen atoms in total. The third kappa shape index (κ3) is 3.80. The minimum absolute atomic E-state index is 0.0418. The normalized spacial score (nSPS) is 12.7. The second-order valence-electron chi connectivity index (χ2n) is 4.91. The van der Waals surface area contributed by atoms with Gasteiger partial charge in [-0.05, 0) is 31.9 Å². The fourth-order valence-electron chi connectivity index (χ4n) is 1.23. The van der Waals surface area contributed by atoms with E-state index in [0.717, 1.165) is 11.1 Å². The molecule has 0 aliphatic rings. The Balaban J connectivity index is 2.74. The van der Waals surface area contributed by atoms with Gasteiger partial charge < -0.3 is 5.11 Å². The Kier molecular flexibility index (Phi) is 4.30. The Morgan fingerprint density at radius 3 is 2.35 bits per heavy atom. The van der Waals surface area contributed by atoms with E-state index in [0.29, 0.717) is 0 Å². The van der Waals surface area contributed by atoms with E-state index in [9.17, 15) is 8.42 Å². The molecule has 0 aliphatic heterocycles. The Bertz CT molecular complexity index is 475. The fourth-order valence-corrected chi connectivity index (χ4v) is 2.02. The van der Waals surface area contributed by atoms with Crippen LogP contribution in [-0.2, 0) is 23.2 Å². The van der Waals surface area contributed by atoms with Crippen molar-refractivity contribution < 1.29 is 13.5 Å². The lowest BCUT2D eigenvalue weighted by Gasteiger charge is -2.19. The van der Waals surface area contributed by atoms with Crippen LogP contribution in [0.4, 0.5) is 0 Å². The summed E-state index contributed by atoms with van der Waals surface area (Å²) in [6.07, 6.45) is 0. The van der Waals surface area contributed by atoms with Gasteiger partial charge in [0.05, 0.1) is 11.4 Å². The summed E-state index contributed by atoms with van der Waals surface area (Å²) in [5.41, 5.74) is 1.61. The van der Waals surface area contributed by atoms with Crippen molar-refractivity contribution in [2.45, 2.75) is 38.7 Å². The predicted molar refractivity (Wildman–Crippen MR) is 67.9 cm³/mol. The Morgan fingerprint density at radius 2 is 1.82 bits per heavy atom. The van der Waals surface area contributed by atoms with E-state index in [1.807, 2.05) is 6.07 Å². The molecule has 17 heavy (non-hydrogen) atoms. The minimum Gasteiger partial charge on any atom is -0.392 e. The van der Waals surface area contributed by atoms with Crippen LogP contribution in [-0.4, -0.2) is 18.3 Å². The molecule has 1 aromatic carbocycles. The molecule has 0 atom stereocenters. The van der Waals surface area contributed by atoms with Crippen molar-refractivity contribution in [2.75, 3.05) is 0 Å². The van der Waals surface area contributed by atoms with Crippen molar-refractivity contribution in [3.05, 3.63) is 35.4 Å². The molecule has 1 rings (SSSR count). The van der Waals surface area contributed by atoms with Crippen molar-refractivity contribution in [2.24, 2.45) is 0 Å². The molecule has 0 bridgehead atoms. The maximum Gasteiger partial charge on any atom is 0.216 e. The summed E-state index contributed by atoms with van der Waals surface area (Å²) in [5.74, 6) is 0. The number of rotatable bonds is 4. The molecule has 0 heterocycles. The van der Waals surface area contributed by atoms with Gasteiger partial charge in [0.2, 0.25) is 10.0 Å². The van der Waals surface area contributed by atoms with Crippen LogP contribution in [0.1, 0.15) is 31.9 Å². The SMILES string of the molecule is CC(C)(C)S(=O)(=O)NCc1cccc(CO)c1. The first-order valence-electron chi connectivity index (χ1n) is 5.44. The molecule has 96 valence electrons. The number of benzene rings is 1. The van der Waals surface area contributed by atoms with Gasteiger partial charge in [-0.2, -0.15) is 0 Å². The third-order valence-electron chi connectivity index (χ3n) is 2.45. The maximum absolute atomic E-state index is 11.8. The van der Waals surface area contributed by atoms with E-state index in [2.05, 4.69) is 4.72 Å². The lowest BCUT2D eigenvalue weighted by Crippen LogP contribution is -2.38. The Morgan fingerprint density at radius 1 is 1.24 bits per heavy atom. The molecule has 0 aromatic heterocycles. The van der Waals surface area contributed by atoms with Crippen molar-refractivity contribution in [3.8, 4) is 0 Å². The molecule has 0 spiro atoms. The fraction of sp³-hybridized carbons (Fsp3) is 0.500. The summed E-state index contributed by atoms with van der Waals surface area (Å²) < 4.78 is 25.4. The van der Waals surface area contributed by atoms with Gasteiger partial charge in [-0.15, -0.1) is 0 Å². The molecule has 2 N–H and O–H groups in total. The topological polar surface area (TPSA) is 66.4 Å². The van der Waals surface area contributed by atoms with Crippen molar-refractivity contribution in [1.29, 1.82) is 0 Å². The van der Waals surface area contributed by atoms with E-state index < -0.39 is 14.8 Å². The standard InChI is InChI=1S/C12H19NO3S/c1-12(2,3)17(15,16)13-8-10-5-4-6-11(7-10)9-14/h4-7,13-14H,8-9H2,1-3H3. The number of hydrogen-bond acceptors (Lipinski definition) is 3. The van der Waals surface area contributed by atoms with Gasteiger partial charge in [-0.3, -0.25) is 0 Å². The van der Waals surface area contributed by atoms with Gasteiger partial charge in [-0.1, -0.05) is 24.3 Å². The summed E-state index contributed by atoms with van der Waals surface area (Å²) >= 11 is 0. The molecular weight excluding hydrogens is 238 g/mol. The molecule has 0 fully saturated rings. The number of sulfonamides is 1. The van der Waals surface area contributed by atoms with E-state index in [-0.39, 0.29) is 13.2 Å². The minimum atomic E-state index is -3.33. The van der Waals surface area contributed by atoms with Crippen LogP contribution in [0.3, 0.4) is 0 Å². The lowest BCUT2D eigenvalue weighted by atomic mass is 10.1. The summed E-state index contributed by atoms with van der Waals surface area (Å²) in [6, 6.07) is 7.20. The van der Waals surface area contributed by atoms with Crippen molar-refractivity contribution in [3.63, 3.8) is 0 Å². The van der Waals surface area contributed by atoms with Crippen LogP contribution in [0.2, 0.25) is 0 Å². The van der Waals surface area contributed by atoms with Gasteiger partial charge in [0, 0.05) is 6.54 Å². The number of aliphatic hydroxyl groups is 1. The van der Waals surface area contributed by atoms with E-state index in [1.165, 1.54) is 0 Å². The predicted octanol–water partition coefficient (Wildman–Crippen LogP) is 1.40. The van der Waals surface area contributed by atoms with E-state index in [1.54, 1.807) is 39.0 Å². The first-order chi connectivity index (χ1) is 7.76. The van der Waals surface area contributed by atoms with Crippen LogP contribution in [0.5, 0.6) is 0 Å². The zero-order valence-electron chi connectivity index (χ0n) is 10.4. The number of nitrogens with one attached hydrogen (secondary N) is 1. The van der Waals surface area contributed by atoms with Crippen molar-refractivity contribution in [1.82, 2.24) is 4.72 Å². The number of hydrogen-bond donors (Lipinski definition) is 2. The van der Waals surface area contributed by atoms with Crippen LogP contribution in [0, 0.1) is 0 Å². The van der Waals surface area contributed by atoms with E-state index >= 15 is 0 Å². The highest BCUT2D eigenvalue weighted by atomic mass is 32.2. The molecule has 0 unspecified atom stereocenters. The van der Waals surface area contributed by atoms with Crippen LogP contribution in [0.25, 0.3) is 0 Å². The quantitative estimate of drug-likeness (QED) is 0.856. The second-order valence-corrected chi connectivity index (χ2v) is 7.44. The smallest absolute Gasteiger partial charge is 0.216 e. The lowest BCUT2D eigenvalue weighted by molar-refractivity contribution is 0.281. The summed E-state index contributed by atoms with van der Waals surface area (Å²) in [7, 11) is -3.33. The molecule has 0 saturated heterocycles. The van der Waals surface area contributed by atoms with Crippen LogP contribution >= 0.6 is 0 Å². The second kappa shape index (κ2) is 5.16. The Hall–Kier alpha value is -0.910. The van der Waals surface area contributed by atoms with Gasteiger partial charge in [0.1, 0.15) is 0 Å². The Labute approximate surface area is 103 Å². The largest absolute Gasteiger partial charge is 0.392 e. The third-order valence-corrected chi connectivity index (χ3v) is 4.58. The van der Waals surface area contributed by atoms with Gasteiger partial charge in [0.25, 0.3) is 0 Å². The highest BCUT2D eigenvalue weighted by Gasteiger charge is 2.28. The molecule has 5 heteroatoms. The molecule has 0 saturated carbocycles. The van der Waals surface area contributed by atoms with Gasteiger partial charge >= 0.3 is 0 Å². The first kappa shape index (κ1) is 14.2. The molecule has 0 radical (unpaired) electrons. The van der Waals surface area contributed by atoms with Crippen LogP contribution in [0.15, 0.2) is 24.3 Å². The molecular formula is C12H19NO3S. The summed E-state index contributed by atoms with van der Waals surface area (Å²) in [4.78, 5) is 0. The number of aliphatic hydroxyl groups excluding tert-OH is 1. The monoisotopic (exact) mass is 257 g/mol. The average molecular weight is 257 g/mol. The van der Waals surface area contributed by atoms with Crippen molar-refractivity contribution >= 4 is 10.0 Å². The summed E-state index contributed by atoms with van der Waals surface area (Å²) in [6.45, 7) is 5.16. The maximum atomic E-state index is 11.8. The molecule has 0 amide bonds. The highest BCUT2D eigenvalue weighted by molar-refractivity contribution is 7.90. The van der Waals surface area contributed by atoms with Gasteiger partial charge in [-0.25, -0.2) is 13.1 Å². The van der Waals surface area contributed by atoms with E-state index in [4.69, 9.17) is 5.11 Å².